The molecule has 0 N–H and O–H groups in total. The van der Waals surface area contributed by atoms with Crippen LogP contribution in [-0.4, -0.2) is 21.6 Å². The van der Waals surface area contributed by atoms with E-state index in [1.54, 1.807) is 42.5 Å². The zero-order valence-corrected chi connectivity index (χ0v) is 17.4. The number of rotatable bonds is 5. The molecule has 1 aliphatic heterocycles. The van der Waals surface area contributed by atoms with Crippen molar-refractivity contribution < 1.29 is 17.9 Å². The third-order valence-corrected chi connectivity index (χ3v) is 7.75. The summed E-state index contributed by atoms with van der Waals surface area (Å²) in [5, 5.41) is 1.93. The summed E-state index contributed by atoms with van der Waals surface area (Å²) in [4.78, 5) is 1.16. The number of thiophene rings is 1. The largest absolute Gasteiger partial charge is 0.486 e. The lowest BCUT2D eigenvalue weighted by atomic mass is 10.2. The molecule has 27 heavy (non-hydrogen) atoms. The molecule has 1 aliphatic rings. The average Bonchev–Trinajstić information content (AvgIpc) is 3.19. The quantitative estimate of drug-likeness (QED) is 0.548. The number of halogens is 1. The van der Waals surface area contributed by atoms with Gasteiger partial charge in [0.2, 0.25) is 0 Å². The van der Waals surface area contributed by atoms with Crippen molar-refractivity contribution in [2.75, 3.05) is 17.5 Å². The first kappa shape index (κ1) is 18.3. The van der Waals surface area contributed by atoms with E-state index < -0.39 is 10.0 Å². The van der Waals surface area contributed by atoms with Crippen LogP contribution in [0.3, 0.4) is 0 Å². The highest BCUT2D eigenvalue weighted by Crippen LogP contribution is 2.37. The topological polar surface area (TPSA) is 55.8 Å². The second kappa shape index (κ2) is 7.53. The Morgan fingerprint density at radius 3 is 2.52 bits per heavy atom. The maximum atomic E-state index is 13.5. The summed E-state index contributed by atoms with van der Waals surface area (Å²) in [6.07, 6.45) is 0. The number of hydrogen-bond acceptors (Lipinski definition) is 5. The molecule has 4 rings (SSSR count). The minimum Gasteiger partial charge on any atom is -0.486 e. The molecule has 0 atom stereocenters. The van der Waals surface area contributed by atoms with Gasteiger partial charge in [-0.25, -0.2) is 8.42 Å². The lowest BCUT2D eigenvalue weighted by molar-refractivity contribution is 0.171. The SMILES string of the molecule is O=S(=O)(c1ccccc1Br)N(Cc1cccs1)c1ccc2c(c1)OCCO2. The number of nitrogens with zero attached hydrogens (tertiary/aromatic N) is 1. The van der Waals surface area contributed by atoms with E-state index in [1.807, 2.05) is 17.5 Å². The Balaban J connectivity index is 1.81. The first-order valence-electron chi connectivity index (χ1n) is 8.25. The van der Waals surface area contributed by atoms with E-state index in [-0.39, 0.29) is 11.4 Å². The van der Waals surface area contributed by atoms with Gasteiger partial charge < -0.3 is 9.47 Å². The fraction of sp³-hybridized carbons (Fsp3) is 0.158. The van der Waals surface area contributed by atoms with E-state index in [0.29, 0.717) is 34.9 Å². The molecule has 1 aromatic heterocycles. The second-order valence-corrected chi connectivity index (χ2v) is 9.57. The number of anilines is 1. The van der Waals surface area contributed by atoms with Crippen LogP contribution >= 0.6 is 27.3 Å². The minimum absolute atomic E-state index is 0.219. The van der Waals surface area contributed by atoms with Crippen molar-refractivity contribution >= 4 is 43.0 Å². The van der Waals surface area contributed by atoms with Crippen LogP contribution in [0.1, 0.15) is 4.88 Å². The molecule has 0 amide bonds. The number of ether oxygens (including phenoxy) is 2. The first-order valence-corrected chi connectivity index (χ1v) is 11.4. The molecule has 3 aromatic rings. The molecular weight excluding hydrogens is 450 g/mol. The van der Waals surface area contributed by atoms with Gasteiger partial charge in [-0.05, 0) is 51.6 Å². The van der Waals surface area contributed by atoms with Crippen molar-refractivity contribution in [3.63, 3.8) is 0 Å². The minimum atomic E-state index is -3.79. The molecule has 0 saturated carbocycles. The Labute approximate surface area is 170 Å². The Morgan fingerprint density at radius 2 is 1.78 bits per heavy atom. The van der Waals surface area contributed by atoms with Gasteiger partial charge in [0.05, 0.1) is 12.2 Å². The van der Waals surface area contributed by atoms with Gasteiger partial charge in [0.15, 0.2) is 11.5 Å². The van der Waals surface area contributed by atoms with Gasteiger partial charge in [-0.2, -0.15) is 0 Å². The van der Waals surface area contributed by atoms with Crippen LogP contribution in [-0.2, 0) is 16.6 Å². The number of benzene rings is 2. The Bertz CT molecular complexity index is 1050. The van der Waals surface area contributed by atoms with E-state index in [0.717, 1.165) is 4.88 Å². The van der Waals surface area contributed by atoms with Crippen molar-refractivity contribution in [3.8, 4) is 11.5 Å². The van der Waals surface area contributed by atoms with E-state index in [2.05, 4.69) is 15.9 Å². The zero-order valence-electron chi connectivity index (χ0n) is 14.2. The van der Waals surface area contributed by atoms with E-state index in [1.165, 1.54) is 15.6 Å². The average molecular weight is 466 g/mol. The van der Waals surface area contributed by atoms with E-state index in [4.69, 9.17) is 9.47 Å². The smallest absolute Gasteiger partial charge is 0.265 e. The molecule has 0 bridgehead atoms. The van der Waals surface area contributed by atoms with E-state index in [9.17, 15) is 8.42 Å². The summed E-state index contributed by atoms with van der Waals surface area (Å²) in [5.74, 6) is 1.18. The molecule has 0 spiro atoms. The highest BCUT2D eigenvalue weighted by Gasteiger charge is 2.28. The predicted octanol–water partition coefficient (Wildman–Crippen LogP) is 4.68. The number of hydrogen-bond donors (Lipinski definition) is 0. The van der Waals surface area contributed by atoms with Crippen molar-refractivity contribution in [1.82, 2.24) is 0 Å². The van der Waals surface area contributed by atoms with Crippen LogP contribution in [0, 0.1) is 0 Å². The Kier molecular flexibility index (Phi) is 5.12. The van der Waals surface area contributed by atoms with Crippen LogP contribution < -0.4 is 13.8 Å². The fourth-order valence-electron chi connectivity index (χ4n) is 2.82. The van der Waals surface area contributed by atoms with Gasteiger partial charge in [-0.1, -0.05) is 18.2 Å². The second-order valence-electron chi connectivity index (χ2n) is 5.85. The molecule has 0 fully saturated rings. The summed E-state index contributed by atoms with van der Waals surface area (Å²) in [6.45, 7) is 1.17. The third-order valence-electron chi connectivity index (χ3n) is 4.10. The summed E-state index contributed by atoms with van der Waals surface area (Å²) in [5.41, 5.74) is 0.531. The fourth-order valence-corrected chi connectivity index (χ4v) is 5.99. The molecular formula is C19H16BrNO4S2. The van der Waals surface area contributed by atoms with Gasteiger partial charge in [0.25, 0.3) is 10.0 Å². The number of sulfonamides is 1. The summed E-state index contributed by atoms with van der Waals surface area (Å²) >= 11 is 4.88. The summed E-state index contributed by atoms with van der Waals surface area (Å²) in [6, 6.07) is 15.9. The lowest BCUT2D eigenvalue weighted by Gasteiger charge is -2.26. The van der Waals surface area contributed by atoms with Crippen LogP contribution in [0.5, 0.6) is 11.5 Å². The molecule has 0 unspecified atom stereocenters. The number of fused-ring (bicyclic) bond motifs is 1. The maximum absolute atomic E-state index is 13.5. The Morgan fingerprint density at radius 1 is 1.00 bits per heavy atom. The molecule has 2 aromatic carbocycles. The van der Waals surface area contributed by atoms with Gasteiger partial charge in [-0.15, -0.1) is 11.3 Å². The van der Waals surface area contributed by atoms with Gasteiger partial charge in [0.1, 0.15) is 18.1 Å². The molecule has 140 valence electrons. The zero-order chi connectivity index (χ0) is 18.9. The Hall–Kier alpha value is -2.03. The normalized spacial score (nSPS) is 13.4. The molecule has 2 heterocycles. The van der Waals surface area contributed by atoms with Crippen molar-refractivity contribution in [2.45, 2.75) is 11.4 Å². The molecule has 8 heteroatoms. The van der Waals surface area contributed by atoms with Crippen molar-refractivity contribution in [1.29, 1.82) is 0 Å². The van der Waals surface area contributed by atoms with Crippen molar-refractivity contribution in [2.24, 2.45) is 0 Å². The molecule has 0 aliphatic carbocycles. The molecule has 5 nitrogen and oxygen atoms in total. The van der Waals surface area contributed by atoms with E-state index >= 15 is 0 Å². The van der Waals surface area contributed by atoms with Gasteiger partial charge in [0, 0.05) is 15.4 Å². The van der Waals surface area contributed by atoms with Gasteiger partial charge in [-0.3, -0.25) is 4.31 Å². The van der Waals surface area contributed by atoms with Crippen LogP contribution in [0.4, 0.5) is 5.69 Å². The summed E-state index contributed by atoms with van der Waals surface area (Å²) < 4.78 is 40.1. The van der Waals surface area contributed by atoms with Crippen LogP contribution in [0.25, 0.3) is 0 Å². The maximum Gasteiger partial charge on any atom is 0.265 e. The molecule has 0 radical (unpaired) electrons. The first-order chi connectivity index (χ1) is 13.1. The van der Waals surface area contributed by atoms with Gasteiger partial charge >= 0.3 is 0 Å². The highest BCUT2D eigenvalue weighted by molar-refractivity contribution is 9.10. The van der Waals surface area contributed by atoms with Crippen LogP contribution in [0.15, 0.2) is 69.3 Å². The summed E-state index contributed by atoms with van der Waals surface area (Å²) in [7, 11) is -3.79. The molecule has 0 saturated heterocycles. The highest BCUT2D eigenvalue weighted by atomic mass is 79.9. The predicted molar refractivity (Wildman–Crippen MR) is 109 cm³/mol. The third kappa shape index (κ3) is 3.69. The monoisotopic (exact) mass is 465 g/mol. The lowest BCUT2D eigenvalue weighted by Crippen LogP contribution is -2.30. The van der Waals surface area contributed by atoms with Crippen molar-refractivity contribution in [3.05, 3.63) is 69.3 Å². The standard InChI is InChI=1S/C19H16BrNO4S2/c20-16-5-1-2-6-19(16)27(22,23)21(13-15-4-3-11-26-15)14-7-8-17-18(12-14)25-10-9-24-17/h1-8,11-12H,9-10,13H2. The van der Waals surface area contributed by atoms with Crippen LogP contribution in [0.2, 0.25) is 0 Å².